The van der Waals surface area contributed by atoms with Crippen LogP contribution in [0.3, 0.4) is 0 Å². The molecule has 0 saturated heterocycles. The Morgan fingerprint density at radius 1 is 1.00 bits per heavy atom. The summed E-state index contributed by atoms with van der Waals surface area (Å²) in [4.78, 5) is 16.4. The number of aromatic nitrogens is 1. The fourth-order valence-electron chi connectivity index (χ4n) is 3.85. The van der Waals surface area contributed by atoms with E-state index in [1.54, 1.807) is 6.20 Å². The molecular weight excluding hydrogens is 324 g/mol. The molecule has 0 bridgehead atoms. The highest BCUT2D eigenvalue weighted by Gasteiger charge is 2.33. The third-order valence-corrected chi connectivity index (χ3v) is 5.40. The molecule has 0 unspecified atom stereocenters. The van der Waals surface area contributed by atoms with Crippen LogP contribution in [0.25, 0.3) is 0 Å². The molecule has 5 heteroatoms. The van der Waals surface area contributed by atoms with Gasteiger partial charge in [-0.2, -0.15) is 0 Å². The van der Waals surface area contributed by atoms with Gasteiger partial charge in [0.2, 0.25) is 0 Å². The number of pyridine rings is 1. The highest BCUT2D eigenvalue weighted by atomic mass is 16.2. The van der Waals surface area contributed by atoms with Crippen LogP contribution in [-0.2, 0) is 12.0 Å². The summed E-state index contributed by atoms with van der Waals surface area (Å²) in [6, 6.07) is 14.2. The third-order valence-electron chi connectivity index (χ3n) is 5.40. The van der Waals surface area contributed by atoms with E-state index in [-0.39, 0.29) is 11.4 Å². The van der Waals surface area contributed by atoms with Gasteiger partial charge < -0.3 is 16.4 Å². The minimum absolute atomic E-state index is 0.0302. The number of carbonyl (C=O) groups excluding carboxylic acids is 1. The van der Waals surface area contributed by atoms with E-state index in [2.05, 4.69) is 39.9 Å². The molecule has 2 aromatic rings. The molecule has 1 aromatic heterocycles. The maximum atomic E-state index is 12.3. The number of carbonyl (C=O) groups is 1. The Kier molecular flexibility index (Phi) is 6.10. The SMILES string of the molecule is Nc1ncccc1CNC(=O)NCC1(c2ccccc2)CCCCCC1. The van der Waals surface area contributed by atoms with Gasteiger partial charge in [0, 0.05) is 30.3 Å². The average molecular weight is 352 g/mol. The highest BCUT2D eigenvalue weighted by molar-refractivity contribution is 5.74. The minimum Gasteiger partial charge on any atom is -0.383 e. The highest BCUT2D eigenvalue weighted by Crippen LogP contribution is 2.37. The maximum absolute atomic E-state index is 12.3. The van der Waals surface area contributed by atoms with Crippen molar-refractivity contribution in [2.75, 3.05) is 12.3 Å². The van der Waals surface area contributed by atoms with Gasteiger partial charge in [0.05, 0.1) is 0 Å². The fraction of sp³-hybridized carbons (Fsp3) is 0.429. The second-order valence-corrected chi connectivity index (χ2v) is 7.14. The summed E-state index contributed by atoms with van der Waals surface area (Å²) in [5, 5.41) is 5.99. The summed E-state index contributed by atoms with van der Waals surface area (Å²) in [5.41, 5.74) is 8.02. The Morgan fingerprint density at radius 3 is 2.42 bits per heavy atom. The molecule has 1 fully saturated rings. The number of rotatable bonds is 5. The molecule has 1 saturated carbocycles. The van der Waals surface area contributed by atoms with Crippen LogP contribution in [0.15, 0.2) is 48.7 Å². The van der Waals surface area contributed by atoms with Gasteiger partial charge in [-0.15, -0.1) is 0 Å². The van der Waals surface area contributed by atoms with Crippen molar-refractivity contribution in [2.24, 2.45) is 0 Å². The minimum atomic E-state index is -0.159. The van der Waals surface area contributed by atoms with Crippen molar-refractivity contribution in [1.82, 2.24) is 15.6 Å². The predicted molar refractivity (Wildman–Crippen MR) is 105 cm³/mol. The van der Waals surface area contributed by atoms with E-state index in [0.717, 1.165) is 18.4 Å². The Labute approximate surface area is 155 Å². The van der Waals surface area contributed by atoms with Crippen LogP contribution in [0.5, 0.6) is 0 Å². The van der Waals surface area contributed by atoms with Crippen LogP contribution < -0.4 is 16.4 Å². The maximum Gasteiger partial charge on any atom is 0.315 e. The Morgan fingerprint density at radius 2 is 1.73 bits per heavy atom. The Hall–Kier alpha value is -2.56. The van der Waals surface area contributed by atoms with E-state index >= 15 is 0 Å². The van der Waals surface area contributed by atoms with Crippen LogP contribution in [0.4, 0.5) is 10.6 Å². The topological polar surface area (TPSA) is 80.0 Å². The monoisotopic (exact) mass is 352 g/mol. The molecule has 1 aromatic carbocycles. The first-order valence-electron chi connectivity index (χ1n) is 9.46. The molecule has 1 heterocycles. The molecular formula is C21H28N4O. The molecule has 0 radical (unpaired) electrons. The largest absolute Gasteiger partial charge is 0.383 e. The van der Waals surface area contributed by atoms with Gasteiger partial charge in [-0.3, -0.25) is 0 Å². The molecule has 26 heavy (non-hydrogen) atoms. The summed E-state index contributed by atoms with van der Waals surface area (Å²) in [6.07, 6.45) is 8.87. The van der Waals surface area contributed by atoms with Gasteiger partial charge >= 0.3 is 6.03 Å². The first-order valence-corrected chi connectivity index (χ1v) is 9.46. The fourth-order valence-corrected chi connectivity index (χ4v) is 3.85. The van der Waals surface area contributed by atoms with Crippen molar-refractivity contribution in [3.63, 3.8) is 0 Å². The first kappa shape index (κ1) is 18.2. The molecule has 0 aliphatic heterocycles. The molecule has 1 aliphatic rings. The first-order chi connectivity index (χ1) is 12.7. The molecule has 0 spiro atoms. The standard InChI is InChI=1S/C21H28N4O/c22-19-17(9-8-14-23-19)15-24-20(26)25-16-21(12-6-1-2-7-13-21)18-10-4-3-5-11-18/h3-5,8-11,14H,1-2,6-7,12-13,15-16H2,(H2,22,23)(H2,24,25,26). The van der Waals surface area contributed by atoms with Crippen molar-refractivity contribution < 1.29 is 4.79 Å². The van der Waals surface area contributed by atoms with Gasteiger partial charge in [0.15, 0.2) is 0 Å². The van der Waals surface area contributed by atoms with Crippen LogP contribution >= 0.6 is 0 Å². The smallest absolute Gasteiger partial charge is 0.315 e. The van der Waals surface area contributed by atoms with Gasteiger partial charge in [-0.25, -0.2) is 9.78 Å². The van der Waals surface area contributed by atoms with E-state index in [1.807, 2.05) is 18.2 Å². The molecule has 1 aliphatic carbocycles. The van der Waals surface area contributed by atoms with Crippen molar-refractivity contribution in [2.45, 2.75) is 50.5 Å². The predicted octanol–water partition coefficient (Wildman–Crippen LogP) is 3.76. The number of amides is 2. The van der Waals surface area contributed by atoms with Crippen LogP contribution in [-0.4, -0.2) is 17.6 Å². The molecule has 4 N–H and O–H groups in total. The number of urea groups is 1. The molecule has 3 rings (SSSR count). The molecule has 2 amide bonds. The number of nitrogen functional groups attached to an aromatic ring is 1. The lowest BCUT2D eigenvalue weighted by atomic mass is 9.74. The molecule has 5 nitrogen and oxygen atoms in total. The van der Waals surface area contributed by atoms with Crippen LogP contribution in [0.1, 0.15) is 49.7 Å². The number of benzene rings is 1. The zero-order valence-electron chi connectivity index (χ0n) is 15.2. The van der Waals surface area contributed by atoms with Gasteiger partial charge in [0.25, 0.3) is 0 Å². The second kappa shape index (κ2) is 8.70. The number of nitrogens with two attached hydrogens (primary N) is 1. The third kappa shape index (κ3) is 4.54. The number of hydrogen-bond donors (Lipinski definition) is 3. The van der Waals surface area contributed by atoms with E-state index < -0.39 is 0 Å². The lowest BCUT2D eigenvalue weighted by molar-refractivity contribution is 0.234. The number of hydrogen-bond acceptors (Lipinski definition) is 3. The quantitative estimate of drug-likeness (QED) is 0.717. The van der Waals surface area contributed by atoms with Gasteiger partial charge in [0.1, 0.15) is 5.82 Å². The summed E-state index contributed by atoms with van der Waals surface area (Å²) in [6.45, 7) is 1.04. The van der Waals surface area contributed by atoms with Crippen LogP contribution in [0, 0.1) is 0 Å². The molecule has 0 atom stereocenters. The van der Waals surface area contributed by atoms with Gasteiger partial charge in [-0.05, 0) is 24.5 Å². The summed E-state index contributed by atoms with van der Waals surface area (Å²) in [7, 11) is 0. The van der Waals surface area contributed by atoms with E-state index in [4.69, 9.17) is 5.73 Å². The number of anilines is 1. The van der Waals surface area contributed by atoms with Crippen molar-refractivity contribution in [3.8, 4) is 0 Å². The second-order valence-electron chi connectivity index (χ2n) is 7.14. The van der Waals surface area contributed by atoms with Crippen molar-refractivity contribution >= 4 is 11.8 Å². The van der Waals surface area contributed by atoms with Crippen molar-refractivity contribution in [1.29, 1.82) is 0 Å². The lowest BCUT2D eigenvalue weighted by Crippen LogP contribution is -2.44. The van der Waals surface area contributed by atoms with Crippen LogP contribution in [0.2, 0.25) is 0 Å². The van der Waals surface area contributed by atoms with E-state index in [9.17, 15) is 4.79 Å². The van der Waals surface area contributed by atoms with E-state index in [0.29, 0.717) is 18.9 Å². The normalized spacial score (nSPS) is 16.5. The molecule has 138 valence electrons. The van der Waals surface area contributed by atoms with Crippen molar-refractivity contribution in [3.05, 3.63) is 59.8 Å². The zero-order valence-corrected chi connectivity index (χ0v) is 15.2. The Balaban J connectivity index is 1.62. The number of nitrogens with zero attached hydrogens (tertiary/aromatic N) is 1. The lowest BCUT2D eigenvalue weighted by Gasteiger charge is -2.34. The van der Waals surface area contributed by atoms with E-state index in [1.165, 1.54) is 31.2 Å². The summed E-state index contributed by atoms with van der Waals surface area (Å²) in [5.74, 6) is 0.456. The summed E-state index contributed by atoms with van der Waals surface area (Å²) < 4.78 is 0. The van der Waals surface area contributed by atoms with Gasteiger partial charge in [-0.1, -0.05) is 62.1 Å². The Bertz CT molecular complexity index is 709. The average Bonchev–Trinajstić information content (AvgIpc) is 2.93. The zero-order chi connectivity index (χ0) is 18.2. The number of nitrogens with one attached hydrogen (secondary N) is 2. The summed E-state index contributed by atoms with van der Waals surface area (Å²) >= 11 is 0.